The first kappa shape index (κ1) is 82.8. The lowest BCUT2D eigenvalue weighted by Crippen LogP contribution is -2.15. The molecule has 0 N–H and O–H groups in total. The van der Waals surface area contributed by atoms with Crippen molar-refractivity contribution in [3.05, 3.63) is 422 Å². The van der Waals surface area contributed by atoms with E-state index in [2.05, 4.69) is 441 Å². The highest BCUT2D eigenvalue weighted by molar-refractivity contribution is 7.26. The molecule has 0 aliphatic heterocycles. The first-order chi connectivity index (χ1) is 63.1. The van der Waals surface area contributed by atoms with Gasteiger partial charge in [0.1, 0.15) is 33.5 Å². The van der Waals surface area contributed by atoms with Crippen LogP contribution in [-0.2, 0) is 28.1 Å². The average molecular weight is 1720 g/mol. The summed E-state index contributed by atoms with van der Waals surface area (Å²) >= 11 is 3.79. The van der Waals surface area contributed by atoms with E-state index in [0.717, 1.165) is 72.6 Å². The van der Waals surface area contributed by atoms with Crippen molar-refractivity contribution in [1.82, 2.24) is 0 Å². The molecule has 0 bridgehead atoms. The zero-order chi connectivity index (χ0) is 88.9. The van der Waals surface area contributed by atoms with Crippen molar-refractivity contribution >= 4 is 129 Å². The monoisotopic (exact) mass is 1710 g/mol. The Morgan fingerprint density at radius 2 is 0.508 bits per heavy atom. The SMILES string of the molecule is CC(C)(C)c1c(-c2cccc3c2-c2ccccc2C3)cccc1-c1cccc2oc3ccccc3c12.CC(C)(C)c1c(-c2cccc3c2oc2ccccc23)cccc1-c1cccc2c1oc1ccccc12.CC(C)(C)c1c(-c2ccccc2)cccc1-c1cccc2c1sc1ccccc12.CC(C)(C)c1c(-c2ccccc2)cccc1-c1cccc2sc3ccccc3c12. The number of furan rings is 3. The van der Waals surface area contributed by atoms with Crippen molar-refractivity contribution in [1.29, 1.82) is 0 Å². The summed E-state index contributed by atoms with van der Waals surface area (Å²) in [5.74, 6) is 0. The van der Waals surface area contributed by atoms with E-state index >= 15 is 0 Å². The first-order valence-corrected chi connectivity index (χ1v) is 47.1. The summed E-state index contributed by atoms with van der Waals surface area (Å²) in [6.45, 7) is 27.8. The molecular formula is C125H102O3S2. The summed E-state index contributed by atoms with van der Waals surface area (Å²) in [5.41, 5.74) is 36.9. The Morgan fingerprint density at radius 3 is 1.05 bits per heavy atom. The van der Waals surface area contributed by atoms with E-state index in [1.54, 1.807) is 0 Å². The van der Waals surface area contributed by atoms with Gasteiger partial charge in [-0.3, -0.25) is 0 Å². The van der Waals surface area contributed by atoms with Crippen LogP contribution in [-0.4, -0.2) is 0 Å². The third-order valence-corrected chi connectivity index (χ3v) is 28.4. The highest BCUT2D eigenvalue weighted by Crippen LogP contribution is 2.54. The van der Waals surface area contributed by atoms with Crippen molar-refractivity contribution in [2.75, 3.05) is 0 Å². The molecule has 0 fully saturated rings. The van der Waals surface area contributed by atoms with Gasteiger partial charge in [0.25, 0.3) is 0 Å². The molecule has 0 saturated heterocycles. The Balaban J connectivity index is 0.000000105. The maximum absolute atomic E-state index is 6.44. The van der Waals surface area contributed by atoms with Crippen LogP contribution < -0.4 is 0 Å². The molecule has 130 heavy (non-hydrogen) atoms. The molecule has 5 heterocycles. The molecule has 18 aromatic carbocycles. The van der Waals surface area contributed by atoms with Crippen LogP contribution in [0.15, 0.2) is 401 Å². The minimum atomic E-state index is -0.117. The van der Waals surface area contributed by atoms with Crippen LogP contribution in [0.5, 0.6) is 0 Å². The van der Waals surface area contributed by atoms with Crippen LogP contribution in [0.4, 0.5) is 0 Å². The average Bonchev–Trinajstić information content (AvgIpc) is 1.53. The molecule has 0 unspecified atom stereocenters. The molecule has 0 amide bonds. The molecule has 0 atom stereocenters. The van der Waals surface area contributed by atoms with Gasteiger partial charge in [-0.15, -0.1) is 22.7 Å². The number of fused-ring (bicyclic) bond motifs is 18. The second-order valence-electron chi connectivity index (χ2n) is 38.7. The second kappa shape index (κ2) is 33.1. The van der Waals surface area contributed by atoms with Gasteiger partial charge in [0.15, 0.2) is 0 Å². The van der Waals surface area contributed by atoms with E-state index in [4.69, 9.17) is 13.3 Å². The fourth-order valence-electron chi connectivity index (χ4n) is 20.8. The van der Waals surface area contributed by atoms with Crippen LogP contribution >= 0.6 is 22.7 Å². The van der Waals surface area contributed by atoms with Gasteiger partial charge >= 0.3 is 0 Å². The van der Waals surface area contributed by atoms with Gasteiger partial charge in [-0.25, -0.2) is 0 Å². The van der Waals surface area contributed by atoms with Crippen molar-refractivity contribution in [3.8, 4) is 100 Å². The standard InChI is InChI=1S/C35H28O.C34H26O2.2C28H24S/c1-35(2,3)34-27(25-15-8-12-23-21-22-11-4-5-13-24(22)32(23)25)17-9-18-28(34)26-16-10-20-31-33(26)29-14-6-7-19-30(29)36-31;1-34(2,3)31-23(27-17-9-15-25-21-11-4-6-19-29(21)35-32(25)27)13-8-14-24(31)28-18-10-16-26-22-12-5-7-20-30(22)36-33(26)28;1-28(2,3)27-20(19-11-5-4-6-12-19)14-9-16-22(27)21-15-10-18-25-26(21)23-13-7-8-17-24(23)29-25;1-28(2,3)26-20(19-11-5-4-6-12-19)14-9-15-22(26)24-17-10-16-23-21-13-7-8-18-25(21)29-27(23)24/h4-20H,21H2,1-3H3;4-20H,1-3H3;2*4-18H,1-3H3. The van der Waals surface area contributed by atoms with Crippen LogP contribution in [0, 0.1) is 0 Å². The number of thiophene rings is 2. The normalized spacial score (nSPS) is 12.3. The minimum absolute atomic E-state index is 0.0236. The summed E-state index contributed by atoms with van der Waals surface area (Å²) in [4.78, 5) is 0. The van der Waals surface area contributed by atoms with Gasteiger partial charge in [-0.05, 0) is 193 Å². The Hall–Kier alpha value is -14.2. The Morgan fingerprint density at radius 1 is 0.192 bits per heavy atom. The zero-order valence-electron chi connectivity index (χ0n) is 75.7. The number of hydrogen-bond acceptors (Lipinski definition) is 5. The Bertz CT molecular complexity index is 8150. The molecule has 23 aromatic rings. The van der Waals surface area contributed by atoms with Crippen molar-refractivity contribution in [2.45, 2.75) is 111 Å². The van der Waals surface area contributed by atoms with Crippen molar-refractivity contribution in [3.63, 3.8) is 0 Å². The quantitative estimate of drug-likeness (QED) is 0.152. The number of para-hydroxylation sites is 5. The van der Waals surface area contributed by atoms with Crippen LogP contribution in [0.2, 0.25) is 0 Å². The van der Waals surface area contributed by atoms with E-state index in [1.165, 1.54) is 174 Å². The molecule has 5 aromatic heterocycles. The largest absolute Gasteiger partial charge is 0.456 e. The highest BCUT2D eigenvalue weighted by atomic mass is 32.1. The predicted octanol–water partition coefficient (Wildman–Crippen LogP) is 37.3. The third kappa shape index (κ3) is 14.9. The number of benzene rings is 18. The molecule has 1 aliphatic carbocycles. The molecule has 3 nitrogen and oxygen atoms in total. The fourth-order valence-corrected chi connectivity index (χ4v) is 23.2. The molecule has 5 heteroatoms. The lowest BCUT2D eigenvalue weighted by Gasteiger charge is -2.28. The summed E-state index contributed by atoms with van der Waals surface area (Å²) in [6.07, 6.45) is 1.00. The van der Waals surface area contributed by atoms with Gasteiger partial charge in [0.05, 0.1) is 0 Å². The molecule has 632 valence electrons. The van der Waals surface area contributed by atoms with Gasteiger partial charge in [-0.1, -0.05) is 429 Å². The fraction of sp³-hybridized carbons (Fsp3) is 0.136. The van der Waals surface area contributed by atoms with E-state index in [1.807, 2.05) is 53.0 Å². The van der Waals surface area contributed by atoms with E-state index in [-0.39, 0.29) is 21.7 Å². The first-order valence-electron chi connectivity index (χ1n) is 45.5. The topological polar surface area (TPSA) is 39.4 Å². The van der Waals surface area contributed by atoms with Crippen LogP contribution in [0.3, 0.4) is 0 Å². The summed E-state index contributed by atoms with van der Waals surface area (Å²) < 4.78 is 24.6. The highest BCUT2D eigenvalue weighted by Gasteiger charge is 2.33. The van der Waals surface area contributed by atoms with Crippen LogP contribution in [0.25, 0.3) is 206 Å². The molecule has 0 saturated carbocycles. The van der Waals surface area contributed by atoms with Gasteiger partial charge in [0.2, 0.25) is 0 Å². The van der Waals surface area contributed by atoms with Gasteiger partial charge in [-0.2, -0.15) is 0 Å². The van der Waals surface area contributed by atoms with E-state index in [9.17, 15) is 0 Å². The lowest BCUT2D eigenvalue weighted by atomic mass is 9.76. The lowest BCUT2D eigenvalue weighted by molar-refractivity contribution is 0.593. The van der Waals surface area contributed by atoms with Crippen LogP contribution in [0.1, 0.15) is 116 Å². The van der Waals surface area contributed by atoms with Gasteiger partial charge in [0, 0.05) is 83.8 Å². The molecule has 0 spiro atoms. The van der Waals surface area contributed by atoms with Crippen molar-refractivity contribution in [2.24, 2.45) is 0 Å². The molecule has 24 rings (SSSR count). The van der Waals surface area contributed by atoms with E-state index < -0.39 is 0 Å². The van der Waals surface area contributed by atoms with Gasteiger partial charge < -0.3 is 13.3 Å². The van der Waals surface area contributed by atoms with E-state index in [0.29, 0.717) is 0 Å². The Kier molecular flexibility index (Phi) is 21.1. The predicted molar refractivity (Wildman–Crippen MR) is 560 cm³/mol. The molecule has 1 aliphatic rings. The summed E-state index contributed by atoms with van der Waals surface area (Å²) in [6, 6.07) is 140. The maximum atomic E-state index is 6.44. The maximum Gasteiger partial charge on any atom is 0.143 e. The minimum Gasteiger partial charge on any atom is -0.456 e. The molecular weight excluding hydrogens is 1610 g/mol. The third-order valence-electron chi connectivity index (χ3n) is 26.0. The molecule has 0 radical (unpaired) electrons. The smallest absolute Gasteiger partial charge is 0.143 e. The summed E-state index contributed by atoms with van der Waals surface area (Å²) in [5, 5.41) is 12.4. The number of rotatable bonds is 8. The zero-order valence-corrected chi connectivity index (χ0v) is 77.3. The number of hydrogen-bond donors (Lipinski definition) is 0. The second-order valence-corrected chi connectivity index (χ2v) is 40.8. The Labute approximate surface area is 769 Å². The van der Waals surface area contributed by atoms with Crippen molar-refractivity contribution < 1.29 is 13.3 Å². The summed E-state index contributed by atoms with van der Waals surface area (Å²) in [7, 11) is 0.